The number of carbonyl (C=O) groups is 1. The zero-order valence-electron chi connectivity index (χ0n) is 13.3. The molecule has 2 aromatic heterocycles. The number of amides is 2. The molecule has 3 rings (SSSR count). The van der Waals surface area contributed by atoms with E-state index in [2.05, 4.69) is 20.7 Å². The summed E-state index contributed by atoms with van der Waals surface area (Å²) in [5.41, 5.74) is 0.951. The number of pyridine rings is 1. The van der Waals surface area contributed by atoms with E-state index in [9.17, 15) is 13.6 Å². The third-order valence-electron chi connectivity index (χ3n) is 3.54. The van der Waals surface area contributed by atoms with E-state index in [4.69, 9.17) is 0 Å². The summed E-state index contributed by atoms with van der Waals surface area (Å²) < 4.78 is 27.8. The number of hydrogen-bond donors (Lipinski definition) is 2. The van der Waals surface area contributed by atoms with Crippen LogP contribution < -0.4 is 10.6 Å². The van der Waals surface area contributed by atoms with Crippen LogP contribution in [0, 0.1) is 11.6 Å². The van der Waals surface area contributed by atoms with Gasteiger partial charge in [-0.25, -0.2) is 23.2 Å². The number of halogens is 2. The van der Waals surface area contributed by atoms with Crippen molar-refractivity contribution in [3.8, 4) is 5.82 Å². The van der Waals surface area contributed by atoms with Crippen molar-refractivity contribution in [3.05, 3.63) is 72.2 Å². The fourth-order valence-corrected chi connectivity index (χ4v) is 2.23. The fourth-order valence-electron chi connectivity index (χ4n) is 2.23. The lowest BCUT2D eigenvalue weighted by atomic mass is 10.1. The largest absolute Gasteiger partial charge is 0.331 e. The number of carbonyl (C=O) groups excluding carboxylic acids is 1. The Balaban J connectivity index is 1.61. The van der Waals surface area contributed by atoms with Gasteiger partial charge in [0.2, 0.25) is 0 Å². The van der Waals surface area contributed by atoms with Gasteiger partial charge in [-0.1, -0.05) is 6.07 Å². The first-order chi connectivity index (χ1) is 12.0. The minimum Gasteiger partial charge on any atom is -0.331 e. The maximum Gasteiger partial charge on any atom is 0.319 e. The number of benzene rings is 1. The van der Waals surface area contributed by atoms with Crippen molar-refractivity contribution in [2.45, 2.75) is 13.0 Å². The third-order valence-corrected chi connectivity index (χ3v) is 3.54. The number of anilines is 1. The second kappa shape index (κ2) is 7.08. The smallest absolute Gasteiger partial charge is 0.319 e. The van der Waals surface area contributed by atoms with E-state index >= 15 is 0 Å². The molecule has 0 aliphatic carbocycles. The molecule has 0 saturated heterocycles. The average molecular weight is 343 g/mol. The van der Waals surface area contributed by atoms with Gasteiger partial charge in [-0.15, -0.1) is 0 Å². The molecule has 0 bridgehead atoms. The van der Waals surface area contributed by atoms with Crippen LogP contribution in [0.2, 0.25) is 0 Å². The van der Waals surface area contributed by atoms with Gasteiger partial charge in [-0.3, -0.25) is 0 Å². The molecule has 2 N–H and O–H groups in total. The predicted octanol–water partition coefficient (Wildman–Crippen LogP) is 3.43. The van der Waals surface area contributed by atoms with Crippen LogP contribution in [0.25, 0.3) is 5.82 Å². The molecule has 1 aromatic carbocycles. The van der Waals surface area contributed by atoms with Gasteiger partial charge < -0.3 is 10.6 Å². The van der Waals surface area contributed by atoms with Gasteiger partial charge in [-0.2, -0.15) is 5.10 Å². The van der Waals surface area contributed by atoms with Crippen molar-refractivity contribution in [3.63, 3.8) is 0 Å². The van der Waals surface area contributed by atoms with Crippen molar-refractivity contribution in [2.24, 2.45) is 0 Å². The first-order valence-electron chi connectivity index (χ1n) is 7.51. The van der Waals surface area contributed by atoms with E-state index < -0.39 is 23.7 Å². The molecule has 0 saturated carbocycles. The van der Waals surface area contributed by atoms with E-state index in [1.807, 2.05) is 0 Å². The Morgan fingerprint density at radius 2 is 2.04 bits per heavy atom. The Kier molecular flexibility index (Phi) is 4.69. The molecular weight excluding hydrogens is 328 g/mol. The van der Waals surface area contributed by atoms with Crippen LogP contribution >= 0.6 is 0 Å². The van der Waals surface area contributed by atoms with Gasteiger partial charge >= 0.3 is 6.03 Å². The topological polar surface area (TPSA) is 71.8 Å². The Morgan fingerprint density at radius 3 is 2.68 bits per heavy atom. The molecule has 2 amide bonds. The minimum absolute atomic E-state index is 0.459. The molecule has 0 spiro atoms. The molecule has 1 atom stereocenters. The van der Waals surface area contributed by atoms with Crippen LogP contribution in [0.15, 0.2) is 55.0 Å². The number of nitrogens with one attached hydrogen (secondary N) is 2. The molecule has 0 aliphatic heterocycles. The first kappa shape index (κ1) is 16.6. The second-order valence-electron chi connectivity index (χ2n) is 5.35. The normalized spacial score (nSPS) is 11.8. The maximum absolute atomic E-state index is 13.3. The lowest BCUT2D eigenvalue weighted by molar-refractivity contribution is 0.249. The molecule has 25 heavy (non-hydrogen) atoms. The Hall–Kier alpha value is -3.29. The van der Waals surface area contributed by atoms with Crippen LogP contribution in [0.4, 0.5) is 19.3 Å². The Labute approximate surface area is 142 Å². The van der Waals surface area contributed by atoms with Gasteiger partial charge in [0.05, 0.1) is 17.9 Å². The van der Waals surface area contributed by atoms with E-state index in [1.165, 1.54) is 12.3 Å². The molecule has 128 valence electrons. The molecule has 0 radical (unpaired) electrons. The van der Waals surface area contributed by atoms with Crippen molar-refractivity contribution in [1.82, 2.24) is 20.1 Å². The zero-order chi connectivity index (χ0) is 17.8. The molecule has 8 heteroatoms. The highest BCUT2D eigenvalue weighted by molar-refractivity contribution is 5.89. The highest BCUT2D eigenvalue weighted by atomic mass is 19.2. The highest BCUT2D eigenvalue weighted by Gasteiger charge is 2.12. The molecule has 3 aromatic rings. The van der Waals surface area contributed by atoms with Crippen LogP contribution in [0.3, 0.4) is 0 Å². The number of nitrogens with zero attached hydrogens (tertiary/aromatic N) is 3. The van der Waals surface area contributed by atoms with Gasteiger partial charge in [-0.05, 0) is 42.8 Å². The monoisotopic (exact) mass is 343 g/mol. The van der Waals surface area contributed by atoms with Crippen LogP contribution in [0.5, 0.6) is 0 Å². The Bertz CT molecular complexity index is 865. The fraction of sp³-hybridized carbons (Fsp3) is 0.118. The standard InChI is InChI=1S/C17H15F2N5O/c1-11(12-3-5-14(18)15(19)9-12)22-17(25)23-13-4-6-16(20-10-13)24-8-2-7-21-24/h2-11H,1H3,(H2,22,23,25)/t11-/m1/s1. The molecular formula is C17H15F2N5O. The predicted molar refractivity (Wildman–Crippen MR) is 88.3 cm³/mol. The quantitative estimate of drug-likeness (QED) is 0.762. The van der Waals surface area contributed by atoms with Crippen molar-refractivity contribution < 1.29 is 13.6 Å². The van der Waals surface area contributed by atoms with Crippen LogP contribution in [0.1, 0.15) is 18.5 Å². The number of urea groups is 1. The van der Waals surface area contributed by atoms with Crippen molar-refractivity contribution in [1.29, 1.82) is 0 Å². The number of hydrogen-bond acceptors (Lipinski definition) is 3. The molecule has 0 unspecified atom stereocenters. The van der Waals surface area contributed by atoms with Gasteiger partial charge in [0.15, 0.2) is 17.5 Å². The van der Waals surface area contributed by atoms with Gasteiger partial charge in [0, 0.05) is 12.4 Å². The lowest BCUT2D eigenvalue weighted by Gasteiger charge is -2.15. The van der Waals surface area contributed by atoms with Crippen molar-refractivity contribution >= 4 is 11.7 Å². The third kappa shape index (κ3) is 3.97. The highest BCUT2D eigenvalue weighted by Crippen LogP contribution is 2.16. The minimum atomic E-state index is -0.954. The maximum atomic E-state index is 13.3. The van der Waals surface area contributed by atoms with Crippen LogP contribution in [-0.4, -0.2) is 20.8 Å². The summed E-state index contributed by atoms with van der Waals surface area (Å²) in [5, 5.41) is 9.34. The Morgan fingerprint density at radius 1 is 1.20 bits per heavy atom. The molecule has 6 nitrogen and oxygen atoms in total. The van der Waals surface area contributed by atoms with E-state index in [-0.39, 0.29) is 0 Å². The first-order valence-corrected chi connectivity index (χ1v) is 7.51. The molecule has 2 heterocycles. The number of rotatable bonds is 4. The number of aromatic nitrogens is 3. The zero-order valence-corrected chi connectivity index (χ0v) is 13.3. The molecule has 0 aliphatic rings. The second-order valence-corrected chi connectivity index (χ2v) is 5.35. The summed E-state index contributed by atoms with van der Waals surface area (Å²) in [6.45, 7) is 1.67. The summed E-state index contributed by atoms with van der Waals surface area (Å²) in [6.07, 6.45) is 4.89. The van der Waals surface area contributed by atoms with Gasteiger partial charge in [0.1, 0.15) is 0 Å². The van der Waals surface area contributed by atoms with E-state index in [0.29, 0.717) is 17.1 Å². The summed E-state index contributed by atoms with van der Waals surface area (Å²) in [7, 11) is 0. The lowest BCUT2D eigenvalue weighted by Crippen LogP contribution is -2.31. The summed E-state index contributed by atoms with van der Waals surface area (Å²) in [4.78, 5) is 16.2. The summed E-state index contributed by atoms with van der Waals surface area (Å²) in [6, 6.07) is 7.70. The van der Waals surface area contributed by atoms with Crippen LogP contribution in [-0.2, 0) is 0 Å². The molecule has 0 fully saturated rings. The summed E-state index contributed by atoms with van der Waals surface area (Å²) in [5.74, 6) is -1.26. The summed E-state index contributed by atoms with van der Waals surface area (Å²) >= 11 is 0. The van der Waals surface area contributed by atoms with Crippen molar-refractivity contribution in [2.75, 3.05) is 5.32 Å². The SMILES string of the molecule is C[C@@H](NC(=O)Nc1ccc(-n2cccn2)nc1)c1ccc(F)c(F)c1. The van der Waals surface area contributed by atoms with Gasteiger partial charge in [0.25, 0.3) is 0 Å². The van der Waals surface area contributed by atoms with E-state index in [0.717, 1.165) is 12.1 Å². The van der Waals surface area contributed by atoms with E-state index in [1.54, 1.807) is 42.2 Å². The average Bonchev–Trinajstić information content (AvgIpc) is 3.12.